The van der Waals surface area contributed by atoms with E-state index in [9.17, 15) is 0 Å². The van der Waals surface area contributed by atoms with Gasteiger partial charge in [0.1, 0.15) is 0 Å². The summed E-state index contributed by atoms with van der Waals surface area (Å²) in [5, 5.41) is 15.4. The monoisotopic (exact) mass is 1400 g/mol. The first-order valence-electron chi connectivity index (χ1n) is 38.4. The van der Waals surface area contributed by atoms with Gasteiger partial charge in [0.2, 0.25) is 0 Å². The van der Waals surface area contributed by atoms with Gasteiger partial charge in [0.15, 0.2) is 0 Å². The molecule has 0 atom stereocenters. The molecule has 2 aromatic heterocycles. The Morgan fingerprint density at radius 3 is 0.973 bits per heavy atom. The van der Waals surface area contributed by atoms with E-state index in [0.717, 1.165) is 45.5 Å². The third-order valence-corrected chi connectivity index (χ3v) is 23.9. The minimum Gasteiger partial charge on any atom is -0.310 e. The van der Waals surface area contributed by atoms with Gasteiger partial charge in [0.25, 0.3) is 0 Å². The molecule has 2 aliphatic carbocycles. The maximum Gasteiger partial charge on any atom is 0.0547 e. The van der Waals surface area contributed by atoms with E-state index in [1.807, 2.05) is 0 Å². The van der Waals surface area contributed by atoms with Crippen LogP contribution in [0, 0.1) is 0 Å². The predicted molar refractivity (Wildman–Crippen MR) is 467 cm³/mol. The van der Waals surface area contributed by atoms with Gasteiger partial charge in [-0.25, -0.2) is 0 Å². The number of nitrogens with zero attached hydrogens (tertiary/aromatic N) is 4. The van der Waals surface area contributed by atoms with Gasteiger partial charge in [-0.3, -0.25) is 0 Å². The van der Waals surface area contributed by atoms with Crippen LogP contribution in [0.3, 0.4) is 0 Å². The van der Waals surface area contributed by atoms with Gasteiger partial charge in [-0.1, -0.05) is 270 Å². The van der Waals surface area contributed by atoms with E-state index in [1.165, 1.54) is 153 Å². The first-order chi connectivity index (χ1) is 54.1. The van der Waals surface area contributed by atoms with Gasteiger partial charge in [0, 0.05) is 77.9 Å². The molecular weight excluding hydrogens is 1330 g/mol. The standard InChI is InChI=1S/2C53H38N2/c1-53(2)48-33-39-14-7-6-13-38(39)32-47(48)45-30-29-43(34-49(45)53)54(40-15-4-3-5-16-40)41-25-20-35(21-26-41)36-22-27-42(28-23-36)55-50-19-11-10-18-46(50)52-44-17-9-8-12-37(44)24-31-51(52)55;1-53(2)48-30-29-43(34-47(48)46-32-38-13-6-7-14-39(38)33-49(46)53)54(40-15-4-3-5-16-40)41-25-20-35(21-26-41)36-22-27-42(28-23-36)55-50-19-11-10-18-45(50)52-44-17-9-8-12-37(44)24-31-51(52)55/h2*3-34H,1-2H3. The average Bonchev–Trinajstić information content (AvgIpc) is 1.60. The van der Waals surface area contributed by atoms with Crippen molar-refractivity contribution >= 4 is 121 Å². The van der Waals surface area contributed by atoms with E-state index >= 15 is 0 Å². The van der Waals surface area contributed by atoms with Crippen LogP contribution in [-0.2, 0) is 10.8 Å². The van der Waals surface area contributed by atoms with Crippen molar-refractivity contribution in [2.24, 2.45) is 0 Å². The maximum atomic E-state index is 2.41. The summed E-state index contributed by atoms with van der Waals surface area (Å²) in [6.07, 6.45) is 0. The van der Waals surface area contributed by atoms with E-state index in [4.69, 9.17) is 0 Å². The Bertz CT molecular complexity index is 7040. The molecule has 18 aromatic carbocycles. The van der Waals surface area contributed by atoms with Gasteiger partial charge in [-0.2, -0.15) is 0 Å². The number of hydrogen-bond donors (Lipinski definition) is 0. The summed E-state index contributed by atoms with van der Waals surface area (Å²) < 4.78 is 4.81. The summed E-state index contributed by atoms with van der Waals surface area (Å²) in [7, 11) is 0. The van der Waals surface area contributed by atoms with Crippen LogP contribution in [-0.4, -0.2) is 9.13 Å². The zero-order valence-electron chi connectivity index (χ0n) is 61.7. The highest BCUT2D eigenvalue weighted by atomic mass is 15.1. The molecule has 0 spiro atoms. The quantitative estimate of drug-likeness (QED) is 0.136. The molecule has 0 N–H and O–H groups in total. The lowest BCUT2D eigenvalue weighted by Crippen LogP contribution is -2.16. The lowest BCUT2D eigenvalue weighted by Gasteiger charge is -2.28. The highest BCUT2D eigenvalue weighted by molar-refractivity contribution is 6.22. The van der Waals surface area contributed by atoms with Crippen molar-refractivity contribution in [3.63, 3.8) is 0 Å². The molecule has 0 aliphatic heterocycles. The van der Waals surface area contributed by atoms with Gasteiger partial charge < -0.3 is 18.9 Å². The number of anilines is 6. The van der Waals surface area contributed by atoms with E-state index < -0.39 is 0 Å². The zero-order valence-corrected chi connectivity index (χ0v) is 61.7. The van der Waals surface area contributed by atoms with Gasteiger partial charge in [-0.05, 0) is 255 Å². The molecule has 4 heteroatoms. The summed E-state index contributed by atoms with van der Waals surface area (Å²) in [4.78, 5) is 4.76. The van der Waals surface area contributed by atoms with Crippen molar-refractivity contribution in [1.29, 1.82) is 0 Å². The highest BCUT2D eigenvalue weighted by Gasteiger charge is 2.38. The van der Waals surface area contributed by atoms with Crippen LogP contribution < -0.4 is 9.80 Å². The second kappa shape index (κ2) is 25.4. The fourth-order valence-electron chi connectivity index (χ4n) is 18.4. The average molecular weight is 1410 g/mol. The van der Waals surface area contributed by atoms with Crippen molar-refractivity contribution in [2.75, 3.05) is 9.80 Å². The molecule has 0 fully saturated rings. The van der Waals surface area contributed by atoms with Gasteiger partial charge in [-0.15, -0.1) is 0 Å². The van der Waals surface area contributed by atoms with E-state index in [-0.39, 0.29) is 10.8 Å². The third-order valence-electron chi connectivity index (χ3n) is 23.9. The van der Waals surface area contributed by atoms with Crippen LogP contribution in [0.2, 0.25) is 0 Å². The molecule has 110 heavy (non-hydrogen) atoms. The van der Waals surface area contributed by atoms with Crippen LogP contribution >= 0.6 is 0 Å². The molecule has 0 amide bonds. The Kier molecular flexibility index (Phi) is 14.9. The third kappa shape index (κ3) is 10.4. The molecule has 520 valence electrons. The Labute approximate surface area is 640 Å². The zero-order chi connectivity index (χ0) is 73.3. The molecule has 0 bridgehead atoms. The molecule has 0 radical (unpaired) electrons. The molecule has 0 saturated heterocycles. The Morgan fingerprint density at radius 2 is 0.518 bits per heavy atom. The Balaban J connectivity index is 0.000000140. The number of hydrogen-bond acceptors (Lipinski definition) is 2. The minimum atomic E-state index is -0.115. The van der Waals surface area contributed by atoms with Crippen LogP contribution in [0.5, 0.6) is 0 Å². The number of fused-ring (bicyclic) bond motifs is 18. The minimum absolute atomic E-state index is 0.0715. The summed E-state index contributed by atoms with van der Waals surface area (Å²) in [6, 6.07) is 143. The summed E-state index contributed by atoms with van der Waals surface area (Å²) in [5.74, 6) is 0. The number of para-hydroxylation sites is 4. The second-order valence-electron chi connectivity index (χ2n) is 30.8. The van der Waals surface area contributed by atoms with Crippen LogP contribution in [0.4, 0.5) is 34.1 Å². The number of benzene rings is 18. The van der Waals surface area contributed by atoms with Crippen molar-refractivity contribution in [1.82, 2.24) is 9.13 Å². The van der Waals surface area contributed by atoms with Crippen LogP contribution in [0.1, 0.15) is 49.9 Å². The Hall–Kier alpha value is -13.8. The first kappa shape index (κ1) is 64.6. The summed E-state index contributed by atoms with van der Waals surface area (Å²) in [5.41, 5.74) is 29.5. The molecule has 20 aromatic rings. The van der Waals surface area contributed by atoms with E-state index in [0.29, 0.717) is 0 Å². The fourth-order valence-corrected chi connectivity index (χ4v) is 18.4. The molecule has 0 unspecified atom stereocenters. The van der Waals surface area contributed by atoms with Crippen molar-refractivity contribution in [2.45, 2.75) is 38.5 Å². The number of aromatic nitrogens is 2. The fraction of sp³-hybridized carbons (Fsp3) is 0.0566. The van der Waals surface area contributed by atoms with E-state index in [1.54, 1.807) is 0 Å². The smallest absolute Gasteiger partial charge is 0.0547 e. The van der Waals surface area contributed by atoms with Crippen molar-refractivity contribution < 1.29 is 0 Å². The molecular formula is C106H76N4. The predicted octanol–water partition coefficient (Wildman–Crippen LogP) is 29.1. The first-order valence-corrected chi connectivity index (χ1v) is 38.4. The lowest BCUT2D eigenvalue weighted by molar-refractivity contribution is 0.661. The van der Waals surface area contributed by atoms with Crippen molar-refractivity contribution in [3.8, 4) is 55.9 Å². The number of rotatable bonds is 10. The molecule has 22 rings (SSSR count). The largest absolute Gasteiger partial charge is 0.310 e. The maximum absolute atomic E-state index is 2.41. The normalized spacial score (nSPS) is 13.1. The summed E-state index contributed by atoms with van der Waals surface area (Å²) in [6.45, 7) is 9.45. The molecule has 4 nitrogen and oxygen atoms in total. The molecule has 0 saturated carbocycles. The highest BCUT2D eigenvalue weighted by Crippen LogP contribution is 2.54. The molecule has 2 aliphatic rings. The second-order valence-corrected chi connectivity index (χ2v) is 30.8. The molecule has 2 heterocycles. The van der Waals surface area contributed by atoms with Gasteiger partial charge >= 0.3 is 0 Å². The van der Waals surface area contributed by atoms with Crippen LogP contribution in [0.25, 0.3) is 143 Å². The SMILES string of the molecule is CC1(C)c2cc(N(c3ccccc3)c3ccc(-c4ccc(-n5c6ccccc6c6c7ccccc7ccc65)cc4)cc3)ccc2-c2cc3ccccc3cc21.CC1(C)c2ccc(N(c3ccccc3)c3ccc(-c4ccc(-n5c6ccccc6c6c7ccccc7ccc65)cc4)cc3)cc2-c2cc3ccccc3cc21. The Morgan fingerprint density at radius 1 is 0.200 bits per heavy atom. The van der Waals surface area contributed by atoms with Gasteiger partial charge in [0.05, 0.1) is 22.1 Å². The topological polar surface area (TPSA) is 16.3 Å². The van der Waals surface area contributed by atoms with Crippen LogP contribution in [0.15, 0.2) is 388 Å². The van der Waals surface area contributed by atoms with Crippen molar-refractivity contribution in [3.05, 3.63) is 411 Å². The summed E-state index contributed by atoms with van der Waals surface area (Å²) >= 11 is 0. The van der Waals surface area contributed by atoms with E-state index in [2.05, 4.69) is 435 Å². The lowest BCUT2D eigenvalue weighted by atomic mass is 9.81.